The Balaban J connectivity index is 0.910. The first-order valence-electron chi connectivity index (χ1n) is 22.9. The number of hydrogen-bond acceptors (Lipinski definition) is 9. The molecule has 1 saturated carbocycles. The molecule has 0 amide bonds. The Hall–Kier alpha value is -6.13. The number of anilines is 1. The van der Waals surface area contributed by atoms with Crippen LogP contribution in [0.15, 0.2) is 116 Å². The molecule has 2 N–H and O–H groups in total. The van der Waals surface area contributed by atoms with Gasteiger partial charge in [0.15, 0.2) is 5.82 Å². The fraction of sp³-hybridized carbons (Fsp3) is 0.370. The Morgan fingerprint density at radius 3 is 2.45 bits per heavy atom. The average molecular weight is 894 g/mol. The van der Waals surface area contributed by atoms with Gasteiger partial charge < -0.3 is 29.4 Å². The van der Waals surface area contributed by atoms with E-state index in [1.54, 1.807) is 25.4 Å². The average Bonchev–Trinajstić information content (AvgIpc) is 3.61. The van der Waals surface area contributed by atoms with Crippen molar-refractivity contribution in [1.29, 1.82) is 0 Å². The van der Waals surface area contributed by atoms with Crippen molar-refractivity contribution in [3.63, 3.8) is 0 Å². The van der Waals surface area contributed by atoms with E-state index in [4.69, 9.17) is 40.5 Å². The molecule has 9 rings (SSSR count). The van der Waals surface area contributed by atoms with Gasteiger partial charge >= 0.3 is 5.97 Å². The van der Waals surface area contributed by atoms with Gasteiger partial charge in [0.2, 0.25) is 0 Å². The lowest BCUT2D eigenvalue weighted by atomic mass is 9.59. The number of pyridine rings is 1. The molecule has 1 unspecified atom stereocenters. The van der Waals surface area contributed by atoms with E-state index in [1.165, 1.54) is 28.8 Å². The maximum Gasteiger partial charge on any atom is 0.329 e. The van der Waals surface area contributed by atoms with Crippen LogP contribution in [0.4, 0.5) is 5.69 Å². The third-order valence-electron chi connectivity index (χ3n) is 14.0. The fourth-order valence-corrected chi connectivity index (χ4v) is 10.8. The SMILES string of the molecule is COc1ccccc1-c1nccc(COc2cccc(OCc3ccc4c(c3)C3(CCC(Nc5cccc(Cl)c5)(C(=O)O)CC3)C(C[C@@H](C)COc3ccnc5c3[C@H](C)CCC5)C4)c2)n1. The molecule has 2 heterocycles. The first-order chi connectivity index (χ1) is 31.6. The van der Waals surface area contributed by atoms with Crippen molar-refractivity contribution in [2.75, 3.05) is 19.0 Å². The number of carboxylic acid groups (broad SMARTS) is 1. The number of rotatable bonds is 16. The number of hydrogen-bond donors (Lipinski definition) is 2. The van der Waals surface area contributed by atoms with E-state index < -0.39 is 11.5 Å². The number of aromatic nitrogens is 3. The molecule has 1 spiro atoms. The molecule has 0 aliphatic heterocycles. The van der Waals surface area contributed by atoms with Gasteiger partial charge in [-0.1, -0.05) is 67.9 Å². The van der Waals surface area contributed by atoms with Crippen LogP contribution in [0.3, 0.4) is 0 Å². The third kappa shape index (κ3) is 9.50. The molecule has 1 fully saturated rings. The summed E-state index contributed by atoms with van der Waals surface area (Å²) in [4.78, 5) is 27.1. The molecule has 0 radical (unpaired) electrons. The van der Waals surface area contributed by atoms with E-state index in [1.807, 2.05) is 79.0 Å². The quantitative estimate of drug-likeness (QED) is 0.0970. The van der Waals surface area contributed by atoms with Crippen LogP contribution in [0, 0.1) is 11.8 Å². The fourth-order valence-electron chi connectivity index (χ4n) is 10.6. The number of carboxylic acids is 1. The van der Waals surface area contributed by atoms with E-state index in [0.717, 1.165) is 66.8 Å². The second-order valence-corrected chi connectivity index (χ2v) is 18.7. The molecule has 6 aromatic rings. The van der Waals surface area contributed by atoms with Gasteiger partial charge in [-0.05, 0) is 152 Å². The van der Waals surface area contributed by atoms with E-state index in [0.29, 0.717) is 66.0 Å². The summed E-state index contributed by atoms with van der Waals surface area (Å²) in [5.74, 6) is 3.83. The van der Waals surface area contributed by atoms with Crippen LogP contribution in [0.2, 0.25) is 5.02 Å². The maximum atomic E-state index is 13.2. The topological polar surface area (TPSA) is 125 Å². The van der Waals surface area contributed by atoms with Crippen LogP contribution in [0.1, 0.15) is 98.4 Å². The molecule has 3 atom stereocenters. The summed E-state index contributed by atoms with van der Waals surface area (Å²) in [5.41, 5.74) is 7.16. The summed E-state index contributed by atoms with van der Waals surface area (Å²) in [6.07, 6.45) is 11.3. The number of carbonyl (C=O) groups is 1. The van der Waals surface area contributed by atoms with E-state index >= 15 is 0 Å². The van der Waals surface area contributed by atoms with Crippen molar-refractivity contribution in [3.05, 3.63) is 154 Å². The monoisotopic (exact) mass is 892 g/mol. The van der Waals surface area contributed by atoms with Gasteiger partial charge in [0, 0.05) is 40.4 Å². The normalized spacial score (nSPS) is 21.5. The number of halogens is 1. The Bertz CT molecular complexity index is 2650. The number of aliphatic carboxylic acids is 1. The van der Waals surface area contributed by atoms with E-state index in [-0.39, 0.29) is 17.9 Å². The van der Waals surface area contributed by atoms with E-state index in [2.05, 4.69) is 42.3 Å². The van der Waals surface area contributed by atoms with Gasteiger partial charge in [0.05, 0.1) is 25.0 Å². The molecule has 65 heavy (non-hydrogen) atoms. The molecule has 2 aromatic heterocycles. The van der Waals surface area contributed by atoms with Crippen LogP contribution < -0.4 is 24.3 Å². The zero-order chi connectivity index (χ0) is 45.0. The first kappa shape index (κ1) is 44.1. The van der Waals surface area contributed by atoms with Gasteiger partial charge in [-0.3, -0.25) is 4.98 Å². The molecule has 3 aliphatic carbocycles. The number of methoxy groups -OCH3 is 1. The van der Waals surface area contributed by atoms with Gasteiger partial charge in [-0.25, -0.2) is 14.8 Å². The zero-order valence-electron chi connectivity index (χ0n) is 37.4. The predicted molar refractivity (Wildman–Crippen MR) is 253 cm³/mol. The lowest BCUT2D eigenvalue weighted by Gasteiger charge is -2.47. The zero-order valence-corrected chi connectivity index (χ0v) is 38.2. The molecular weight excluding hydrogens is 836 g/mol. The lowest BCUT2D eigenvalue weighted by molar-refractivity contribution is -0.144. The van der Waals surface area contributed by atoms with Crippen LogP contribution in [-0.2, 0) is 36.3 Å². The van der Waals surface area contributed by atoms with Crippen LogP contribution in [-0.4, -0.2) is 45.3 Å². The van der Waals surface area contributed by atoms with E-state index in [9.17, 15) is 9.90 Å². The summed E-state index contributed by atoms with van der Waals surface area (Å²) in [7, 11) is 1.64. The van der Waals surface area contributed by atoms with Gasteiger partial charge in [-0.2, -0.15) is 0 Å². The number of nitrogens with one attached hydrogen (secondary N) is 1. The largest absolute Gasteiger partial charge is 0.496 e. The van der Waals surface area contributed by atoms with Crippen LogP contribution in [0.25, 0.3) is 11.4 Å². The number of para-hydroxylation sites is 1. The van der Waals surface area contributed by atoms with Crippen LogP contribution in [0.5, 0.6) is 23.0 Å². The standard InChI is InChI=1S/C54H57ClN4O6/c1-35(32-65-49-20-26-56-47-15-6-9-36(2)50(47)49)27-39-29-38-18-17-37(28-46(38)53(39)21-23-54(24-22-53,52(60)61)59-41-11-7-10-40(55)30-41)33-63-43-12-8-13-44(31-43)64-34-42-19-25-57-51(58-42)45-14-4-5-16-48(45)62-3/h4-5,7-8,10-14,16-20,25-26,28,30-31,35-36,39,59H,6,9,15,21-24,27,29,32-34H2,1-3H3,(H,60,61)/t35-,36-,39?,53?,54?/m1/s1. The predicted octanol–water partition coefficient (Wildman–Crippen LogP) is 11.8. The van der Waals surface area contributed by atoms with Crippen molar-refractivity contribution < 1.29 is 28.8 Å². The number of nitrogens with zero attached hydrogens (tertiary/aromatic N) is 3. The van der Waals surface area contributed by atoms with Crippen molar-refractivity contribution in [2.24, 2.45) is 11.8 Å². The number of benzene rings is 4. The molecule has 11 heteroatoms. The molecule has 336 valence electrons. The highest BCUT2D eigenvalue weighted by Crippen LogP contribution is 2.56. The molecule has 10 nitrogen and oxygen atoms in total. The van der Waals surface area contributed by atoms with Gasteiger partial charge in [-0.15, -0.1) is 0 Å². The van der Waals surface area contributed by atoms with Gasteiger partial charge in [0.1, 0.15) is 41.8 Å². The maximum absolute atomic E-state index is 13.2. The Morgan fingerprint density at radius 1 is 0.862 bits per heavy atom. The minimum atomic E-state index is -1.10. The second kappa shape index (κ2) is 19.1. The molecule has 0 saturated heterocycles. The smallest absolute Gasteiger partial charge is 0.329 e. The minimum absolute atomic E-state index is 0.195. The first-order valence-corrected chi connectivity index (χ1v) is 23.3. The molecule has 3 aliphatic rings. The van der Waals surface area contributed by atoms with Gasteiger partial charge in [0.25, 0.3) is 0 Å². The van der Waals surface area contributed by atoms with Crippen LogP contribution >= 0.6 is 11.6 Å². The number of ether oxygens (including phenoxy) is 4. The number of fused-ring (bicyclic) bond motifs is 3. The minimum Gasteiger partial charge on any atom is -0.496 e. The Morgan fingerprint density at radius 2 is 1.65 bits per heavy atom. The number of aryl methyl sites for hydroxylation is 1. The molecule has 4 aromatic carbocycles. The highest BCUT2D eigenvalue weighted by molar-refractivity contribution is 6.30. The molecule has 0 bridgehead atoms. The van der Waals surface area contributed by atoms with Crippen molar-refractivity contribution in [3.8, 4) is 34.4 Å². The van der Waals surface area contributed by atoms with Crippen molar-refractivity contribution in [1.82, 2.24) is 15.0 Å². The summed E-state index contributed by atoms with van der Waals surface area (Å²) in [6.45, 7) is 5.83. The Kier molecular flexibility index (Phi) is 13.0. The highest BCUT2D eigenvalue weighted by Gasteiger charge is 2.54. The molecular formula is C54H57ClN4O6. The Labute approximate surface area is 386 Å². The summed E-state index contributed by atoms with van der Waals surface area (Å²) < 4.78 is 24.8. The lowest BCUT2D eigenvalue weighted by Crippen LogP contribution is -2.53. The summed E-state index contributed by atoms with van der Waals surface area (Å²) >= 11 is 6.35. The van der Waals surface area contributed by atoms with Crippen molar-refractivity contribution in [2.45, 2.75) is 102 Å². The second-order valence-electron chi connectivity index (χ2n) is 18.3. The third-order valence-corrected chi connectivity index (χ3v) is 14.3. The van der Waals surface area contributed by atoms with Crippen molar-refractivity contribution >= 4 is 23.3 Å². The summed E-state index contributed by atoms with van der Waals surface area (Å²) in [6, 6.07) is 33.4. The highest BCUT2D eigenvalue weighted by atomic mass is 35.5. The summed E-state index contributed by atoms with van der Waals surface area (Å²) in [5, 5.41) is 14.8.